The summed E-state index contributed by atoms with van der Waals surface area (Å²) in [6, 6.07) is 0. The molecule has 1 heterocycles. The molecule has 3 nitrogen and oxygen atoms in total. The smallest absolute Gasteiger partial charge is 0.235 e. The Bertz CT molecular complexity index is 210. The summed E-state index contributed by atoms with van der Waals surface area (Å²) in [5.74, 6) is 0.479. The highest BCUT2D eigenvalue weighted by Crippen LogP contribution is 2.19. The molecule has 1 amide bonds. The predicted molar refractivity (Wildman–Crippen MR) is 59.3 cm³/mol. The van der Waals surface area contributed by atoms with Crippen LogP contribution in [0.2, 0.25) is 0 Å². The van der Waals surface area contributed by atoms with Gasteiger partial charge in [0, 0.05) is 13.1 Å². The number of thioether (sulfide) groups is 1. The SMILES string of the molecule is CSC(C)C(=O)N1CCC(C)C(O)C1. The molecule has 82 valence electrons. The lowest BCUT2D eigenvalue weighted by molar-refractivity contribution is -0.134. The van der Waals surface area contributed by atoms with E-state index in [2.05, 4.69) is 0 Å². The molecule has 0 aromatic heterocycles. The molecule has 0 aromatic carbocycles. The lowest BCUT2D eigenvalue weighted by atomic mass is 9.96. The van der Waals surface area contributed by atoms with Crippen LogP contribution >= 0.6 is 11.8 Å². The maximum absolute atomic E-state index is 11.8. The topological polar surface area (TPSA) is 40.5 Å². The summed E-state index contributed by atoms with van der Waals surface area (Å²) in [7, 11) is 0. The Balaban J connectivity index is 2.50. The standard InChI is InChI=1S/C10H19NO2S/c1-7-4-5-11(6-9(7)12)10(13)8(2)14-3/h7-9,12H,4-6H2,1-3H3. The van der Waals surface area contributed by atoms with Crippen LogP contribution < -0.4 is 0 Å². The zero-order chi connectivity index (χ0) is 10.7. The molecule has 14 heavy (non-hydrogen) atoms. The molecule has 0 aliphatic carbocycles. The first kappa shape index (κ1) is 11.9. The van der Waals surface area contributed by atoms with Gasteiger partial charge in [0.1, 0.15) is 0 Å². The van der Waals surface area contributed by atoms with Crippen LogP contribution in [0, 0.1) is 5.92 Å². The van der Waals surface area contributed by atoms with Crippen molar-refractivity contribution in [3.63, 3.8) is 0 Å². The van der Waals surface area contributed by atoms with E-state index in [9.17, 15) is 9.90 Å². The van der Waals surface area contributed by atoms with Gasteiger partial charge in [-0.15, -0.1) is 0 Å². The molecule has 0 bridgehead atoms. The maximum atomic E-state index is 11.8. The molecular weight excluding hydrogens is 198 g/mol. The number of hydrogen-bond donors (Lipinski definition) is 1. The van der Waals surface area contributed by atoms with Crippen molar-refractivity contribution < 1.29 is 9.90 Å². The van der Waals surface area contributed by atoms with Crippen LogP contribution in [-0.4, -0.2) is 46.6 Å². The highest BCUT2D eigenvalue weighted by Gasteiger charge is 2.29. The summed E-state index contributed by atoms with van der Waals surface area (Å²) in [6.07, 6.45) is 2.50. The molecule has 3 atom stereocenters. The summed E-state index contributed by atoms with van der Waals surface area (Å²) < 4.78 is 0. The molecular formula is C10H19NO2S. The first-order valence-corrected chi connectivity index (χ1v) is 6.34. The van der Waals surface area contributed by atoms with Gasteiger partial charge in [0.05, 0.1) is 11.4 Å². The highest BCUT2D eigenvalue weighted by molar-refractivity contribution is 7.99. The third kappa shape index (κ3) is 2.64. The third-order valence-electron chi connectivity index (χ3n) is 2.93. The van der Waals surface area contributed by atoms with Crippen molar-refractivity contribution in [1.82, 2.24) is 4.90 Å². The Hall–Kier alpha value is -0.220. The minimum absolute atomic E-state index is 0.00982. The molecule has 1 saturated heterocycles. The molecule has 1 N–H and O–H groups in total. The van der Waals surface area contributed by atoms with E-state index in [1.54, 1.807) is 16.7 Å². The second-order valence-electron chi connectivity index (χ2n) is 4.00. The zero-order valence-electron chi connectivity index (χ0n) is 9.06. The van der Waals surface area contributed by atoms with Crippen LogP contribution in [0.3, 0.4) is 0 Å². The van der Waals surface area contributed by atoms with Gasteiger partial charge >= 0.3 is 0 Å². The summed E-state index contributed by atoms with van der Waals surface area (Å²) in [6.45, 7) is 5.24. The van der Waals surface area contributed by atoms with Crippen LogP contribution in [0.1, 0.15) is 20.3 Å². The number of rotatable bonds is 2. The number of hydrogen-bond acceptors (Lipinski definition) is 3. The van der Waals surface area contributed by atoms with E-state index in [-0.39, 0.29) is 17.3 Å². The van der Waals surface area contributed by atoms with Gasteiger partial charge in [-0.1, -0.05) is 6.92 Å². The van der Waals surface area contributed by atoms with Crippen LogP contribution in [-0.2, 0) is 4.79 Å². The van der Waals surface area contributed by atoms with Crippen molar-refractivity contribution in [2.45, 2.75) is 31.6 Å². The molecule has 1 aliphatic heterocycles. The lowest BCUT2D eigenvalue weighted by Gasteiger charge is -2.35. The molecule has 3 unspecified atom stereocenters. The monoisotopic (exact) mass is 217 g/mol. The van der Waals surface area contributed by atoms with Crippen molar-refractivity contribution in [2.24, 2.45) is 5.92 Å². The Morgan fingerprint density at radius 2 is 2.29 bits per heavy atom. The predicted octanol–water partition coefficient (Wildman–Crippen LogP) is 0.967. The van der Waals surface area contributed by atoms with Crippen molar-refractivity contribution in [3.8, 4) is 0 Å². The molecule has 1 rings (SSSR count). The van der Waals surface area contributed by atoms with E-state index in [1.165, 1.54) is 0 Å². The molecule has 0 saturated carbocycles. The summed E-state index contributed by atoms with van der Waals surface area (Å²) in [4.78, 5) is 13.6. The van der Waals surface area contributed by atoms with Gasteiger partial charge in [0.2, 0.25) is 5.91 Å². The minimum atomic E-state index is -0.346. The lowest BCUT2D eigenvalue weighted by Crippen LogP contribution is -2.48. The van der Waals surface area contributed by atoms with Crippen molar-refractivity contribution in [3.05, 3.63) is 0 Å². The molecule has 0 aromatic rings. The summed E-state index contributed by atoms with van der Waals surface area (Å²) in [5, 5.41) is 9.66. The van der Waals surface area contributed by atoms with Crippen LogP contribution in [0.25, 0.3) is 0 Å². The second-order valence-corrected chi connectivity index (χ2v) is 5.17. The van der Waals surface area contributed by atoms with Gasteiger partial charge in [0.15, 0.2) is 0 Å². The fourth-order valence-corrected chi connectivity index (χ4v) is 1.96. The van der Waals surface area contributed by atoms with Gasteiger partial charge in [0.25, 0.3) is 0 Å². The molecule has 1 fully saturated rings. The number of nitrogens with zero attached hydrogens (tertiary/aromatic N) is 1. The fraction of sp³-hybridized carbons (Fsp3) is 0.900. The van der Waals surface area contributed by atoms with Crippen molar-refractivity contribution in [2.75, 3.05) is 19.3 Å². The normalized spacial score (nSPS) is 30.1. The van der Waals surface area contributed by atoms with Gasteiger partial charge in [-0.05, 0) is 25.5 Å². The van der Waals surface area contributed by atoms with E-state index in [1.807, 2.05) is 20.1 Å². The Labute approximate surface area is 89.9 Å². The average Bonchev–Trinajstić information content (AvgIpc) is 2.20. The van der Waals surface area contributed by atoms with Gasteiger partial charge in [-0.25, -0.2) is 0 Å². The number of likely N-dealkylation sites (tertiary alicyclic amines) is 1. The Morgan fingerprint density at radius 1 is 1.64 bits per heavy atom. The van der Waals surface area contributed by atoms with E-state index >= 15 is 0 Å². The van der Waals surface area contributed by atoms with E-state index < -0.39 is 0 Å². The second kappa shape index (κ2) is 5.03. The highest BCUT2D eigenvalue weighted by atomic mass is 32.2. The number of aliphatic hydroxyl groups is 1. The number of β-amino-alcohol motifs (C(OH)–C–C–N with tert-alkyl or cyclic N) is 1. The minimum Gasteiger partial charge on any atom is -0.391 e. The maximum Gasteiger partial charge on any atom is 0.235 e. The first-order chi connectivity index (χ1) is 6.56. The van der Waals surface area contributed by atoms with Gasteiger partial charge in [-0.3, -0.25) is 4.79 Å². The van der Waals surface area contributed by atoms with E-state index in [0.717, 1.165) is 13.0 Å². The van der Waals surface area contributed by atoms with E-state index in [4.69, 9.17) is 0 Å². The molecule has 0 radical (unpaired) electrons. The van der Waals surface area contributed by atoms with Gasteiger partial charge < -0.3 is 10.0 Å². The number of carbonyl (C=O) groups is 1. The first-order valence-electron chi connectivity index (χ1n) is 5.06. The van der Waals surface area contributed by atoms with Crippen molar-refractivity contribution in [1.29, 1.82) is 0 Å². The molecule has 4 heteroatoms. The summed E-state index contributed by atoms with van der Waals surface area (Å²) >= 11 is 1.56. The van der Waals surface area contributed by atoms with Gasteiger partial charge in [-0.2, -0.15) is 11.8 Å². The average molecular weight is 217 g/mol. The van der Waals surface area contributed by atoms with E-state index in [0.29, 0.717) is 12.5 Å². The number of carbonyl (C=O) groups excluding carboxylic acids is 1. The number of piperidine rings is 1. The van der Waals surface area contributed by atoms with Crippen LogP contribution in [0.15, 0.2) is 0 Å². The van der Waals surface area contributed by atoms with Crippen LogP contribution in [0.5, 0.6) is 0 Å². The van der Waals surface area contributed by atoms with Crippen LogP contribution in [0.4, 0.5) is 0 Å². The summed E-state index contributed by atoms with van der Waals surface area (Å²) in [5.41, 5.74) is 0. The van der Waals surface area contributed by atoms with Crippen molar-refractivity contribution >= 4 is 17.7 Å². The largest absolute Gasteiger partial charge is 0.391 e. The quantitative estimate of drug-likeness (QED) is 0.749. The third-order valence-corrected chi connectivity index (χ3v) is 3.84. The molecule has 0 spiro atoms. The number of aliphatic hydroxyl groups excluding tert-OH is 1. The number of amides is 1. The Kier molecular flexibility index (Phi) is 4.26. The Morgan fingerprint density at radius 3 is 2.79 bits per heavy atom. The fourth-order valence-electron chi connectivity index (χ4n) is 1.61. The zero-order valence-corrected chi connectivity index (χ0v) is 9.88. The molecule has 1 aliphatic rings.